The molecule has 9 heteroatoms. The standard InChI is InChI=1S/C20H31N5O3S/c1-14(2)19-21-17(13-23(19)6)29(27,28)25-11-7-8-15(25)12-24-18(26)10-9-16(22-24)20(3,4)5/h9-10,13-15H,7-8,11-12H2,1-6H3. The summed E-state index contributed by atoms with van der Waals surface area (Å²) >= 11 is 0. The summed E-state index contributed by atoms with van der Waals surface area (Å²) in [6.45, 7) is 10.7. The second-order valence-electron chi connectivity index (χ2n) is 9.10. The molecule has 8 nitrogen and oxygen atoms in total. The number of hydrogen-bond donors (Lipinski definition) is 0. The minimum absolute atomic E-state index is 0.0688. The van der Waals surface area contributed by atoms with E-state index >= 15 is 0 Å². The lowest BCUT2D eigenvalue weighted by molar-refractivity contribution is 0.330. The van der Waals surface area contributed by atoms with Crippen LogP contribution in [0.3, 0.4) is 0 Å². The molecule has 2 aromatic rings. The summed E-state index contributed by atoms with van der Waals surface area (Å²) in [5, 5.41) is 4.57. The third-order valence-electron chi connectivity index (χ3n) is 5.32. The Morgan fingerprint density at radius 3 is 2.52 bits per heavy atom. The average molecular weight is 422 g/mol. The van der Waals surface area contributed by atoms with Gasteiger partial charge in [0.25, 0.3) is 15.6 Å². The van der Waals surface area contributed by atoms with Gasteiger partial charge in [-0.15, -0.1) is 0 Å². The third-order valence-corrected chi connectivity index (χ3v) is 7.14. The fourth-order valence-electron chi connectivity index (χ4n) is 3.72. The fraction of sp³-hybridized carbons (Fsp3) is 0.650. The van der Waals surface area contributed by atoms with Crippen molar-refractivity contribution in [2.75, 3.05) is 6.54 Å². The van der Waals surface area contributed by atoms with Crippen molar-refractivity contribution in [3.63, 3.8) is 0 Å². The van der Waals surface area contributed by atoms with Crippen LogP contribution in [-0.4, -0.2) is 44.6 Å². The molecule has 160 valence electrons. The van der Waals surface area contributed by atoms with Crippen molar-refractivity contribution < 1.29 is 8.42 Å². The van der Waals surface area contributed by atoms with Gasteiger partial charge in [-0.3, -0.25) is 4.79 Å². The van der Waals surface area contributed by atoms with Gasteiger partial charge in [-0.25, -0.2) is 18.1 Å². The number of sulfonamides is 1. The lowest BCUT2D eigenvalue weighted by atomic mass is 9.92. The van der Waals surface area contributed by atoms with E-state index in [1.54, 1.807) is 16.8 Å². The molecule has 1 saturated heterocycles. The maximum atomic E-state index is 13.3. The number of aryl methyl sites for hydroxylation is 1. The minimum atomic E-state index is -3.74. The van der Waals surface area contributed by atoms with Crippen molar-refractivity contribution in [3.05, 3.63) is 40.2 Å². The molecular weight excluding hydrogens is 390 g/mol. The Morgan fingerprint density at radius 2 is 1.93 bits per heavy atom. The van der Waals surface area contributed by atoms with Gasteiger partial charge in [-0.05, 0) is 18.9 Å². The average Bonchev–Trinajstić information content (AvgIpc) is 3.23. The molecule has 29 heavy (non-hydrogen) atoms. The highest BCUT2D eigenvalue weighted by Gasteiger charge is 2.37. The first-order chi connectivity index (χ1) is 13.4. The van der Waals surface area contributed by atoms with E-state index in [4.69, 9.17) is 0 Å². The molecular formula is C20H31N5O3S. The Hall–Kier alpha value is -2.00. The summed E-state index contributed by atoms with van der Waals surface area (Å²) in [4.78, 5) is 16.7. The second-order valence-corrected chi connectivity index (χ2v) is 10.9. The molecule has 0 radical (unpaired) electrons. The van der Waals surface area contributed by atoms with E-state index < -0.39 is 10.0 Å². The predicted molar refractivity (Wildman–Crippen MR) is 111 cm³/mol. The van der Waals surface area contributed by atoms with Crippen LogP contribution in [0.4, 0.5) is 0 Å². The van der Waals surface area contributed by atoms with E-state index in [0.29, 0.717) is 13.0 Å². The SMILES string of the molecule is CC(C)c1nc(S(=O)(=O)N2CCCC2Cn2nc(C(C)(C)C)ccc2=O)cn1C. The Morgan fingerprint density at radius 1 is 1.24 bits per heavy atom. The van der Waals surface area contributed by atoms with Gasteiger partial charge in [0.1, 0.15) is 5.82 Å². The van der Waals surface area contributed by atoms with Crippen LogP contribution >= 0.6 is 0 Å². The topological polar surface area (TPSA) is 90.1 Å². The molecule has 1 aliphatic heterocycles. The molecule has 0 aromatic carbocycles. The molecule has 1 atom stereocenters. The molecule has 1 fully saturated rings. The normalized spacial score (nSPS) is 18.7. The van der Waals surface area contributed by atoms with Crippen LogP contribution in [0.25, 0.3) is 0 Å². The van der Waals surface area contributed by atoms with E-state index in [1.165, 1.54) is 15.1 Å². The maximum Gasteiger partial charge on any atom is 0.266 e. The quantitative estimate of drug-likeness (QED) is 0.739. The minimum Gasteiger partial charge on any atom is -0.336 e. The van der Waals surface area contributed by atoms with Gasteiger partial charge < -0.3 is 4.57 Å². The van der Waals surface area contributed by atoms with E-state index in [2.05, 4.69) is 10.1 Å². The number of imidazole rings is 1. The van der Waals surface area contributed by atoms with E-state index in [-0.39, 0.29) is 34.5 Å². The number of nitrogens with zero attached hydrogens (tertiary/aromatic N) is 5. The van der Waals surface area contributed by atoms with Crippen LogP contribution in [0.2, 0.25) is 0 Å². The summed E-state index contributed by atoms with van der Waals surface area (Å²) in [5.41, 5.74) is 0.385. The molecule has 0 aliphatic carbocycles. The van der Waals surface area contributed by atoms with Crippen molar-refractivity contribution in [1.29, 1.82) is 0 Å². The van der Waals surface area contributed by atoms with Crippen LogP contribution in [0, 0.1) is 0 Å². The van der Waals surface area contributed by atoms with Gasteiger partial charge in [0, 0.05) is 43.2 Å². The molecule has 2 aromatic heterocycles. The summed E-state index contributed by atoms with van der Waals surface area (Å²) in [5.74, 6) is 0.858. The monoisotopic (exact) mass is 421 g/mol. The molecule has 1 unspecified atom stereocenters. The highest BCUT2D eigenvalue weighted by atomic mass is 32.2. The van der Waals surface area contributed by atoms with Crippen molar-refractivity contribution in [1.82, 2.24) is 23.6 Å². The van der Waals surface area contributed by atoms with Gasteiger partial charge in [-0.1, -0.05) is 34.6 Å². The smallest absolute Gasteiger partial charge is 0.266 e. The summed E-state index contributed by atoms with van der Waals surface area (Å²) < 4.78 is 31.2. The van der Waals surface area contributed by atoms with Crippen molar-refractivity contribution in [2.24, 2.45) is 7.05 Å². The first-order valence-corrected chi connectivity index (χ1v) is 11.5. The largest absolute Gasteiger partial charge is 0.336 e. The van der Waals surface area contributed by atoms with E-state index in [9.17, 15) is 13.2 Å². The maximum absolute atomic E-state index is 13.3. The van der Waals surface area contributed by atoms with Gasteiger partial charge in [-0.2, -0.15) is 9.40 Å². The van der Waals surface area contributed by atoms with Crippen LogP contribution < -0.4 is 5.56 Å². The number of rotatable bonds is 5. The fourth-order valence-corrected chi connectivity index (χ4v) is 5.40. The zero-order chi connectivity index (χ0) is 21.6. The van der Waals surface area contributed by atoms with Crippen molar-refractivity contribution in [2.45, 2.75) is 76.4 Å². The van der Waals surface area contributed by atoms with E-state index in [1.807, 2.05) is 41.7 Å². The zero-order valence-corrected chi connectivity index (χ0v) is 18.9. The van der Waals surface area contributed by atoms with Gasteiger partial charge in [0.05, 0.1) is 12.2 Å². The summed E-state index contributed by atoms with van der Waals surface area (Å²) in [6.07, 6.45) is 3.02. The van der Waals surface area contributed by atoms with Crippen molar-refractivity contribution >= 4 is 10.0 Å². The molecule has 3 heterocycles. The lowest BCUT2D eigenvalue weighted by Gasteiger charge is -2.24. The third kappa shape index (κ3) is 4.30. The van der Waals surface area contributed by atoms with Crippen LogP contribution in [0.5, 0.6) is 0 Å². The zero-order valence-electron chi connectivity index (χ0n) is 18.1. The first-order valence-electron chi connectivity index (χ1n) is 10.0. The Labute approximate surface area is 172 Å². The highest BCUT2D eigenvalue weighted by Crippen LogP contribution is 2.27. The Bertz CT molecular complexity index is 1050. The Kier molecular flexibility index (Phi) is 5.75. The van der Waals surface area contributed by atoms with Crippen LogP contribution in [0.15, 0.2) is 28.2 Å². The van der Waals surface area contributed by atoms with Gasteiger partial charge >= 0.3 is 0 Å². The molecule has 0 saturated carbocycles. The van der Waals surface area contributed by atoms with Crippen molar-refractivity contribution in [3.8, 4) is 0 Å². The van der Waals surface area contributed by atoms with Crippen LogP contribution in [0.1, 0.15) is 64.9 Å². The predicted octanol–water partition coefficient (Wildman–Crippen LogP) is 2.25. The molecule has 0 bridgehead atoms. The molecule has 1 aliphatic rings. The molecule has 0 amide bonds. The second kappa shape index (κ2) is 7.68. The summed E-state index contributed by atoms with van der Waals surface area (Å²) in [7, 11) is -1.93. The van der Waals surface area contributed by atoms with E-state index in [0.717, 1.165) is 17.9 Å². The number of aromatic nitrogens is 4. The molecule has 0 spiro atoms. The first kappa shape index (κ1) is 21.7. The Balaban J connectivity index is 1.91. The summed E-state index contributed by atoms with van der Waals surface area (Å²) in [6, 6.07) is 2.93. The number of hydrogen-bond acceptors (Lipinski definition) is 5. The lowest BCUT2D eigenvalue weighted by Crippen LogP contribution is -2.41. The molecule has 3 rings (SSSR count). The van der Waals surface area contributed by atoms with Gasteiger partial charge in [0.15, 0.2) is 5.03 Å². The highest BCUT2D eigenvalue weighted by molar-refractivity contribution is 7.89. The van der Waals surface area contributed by atoms with Crippen LogP contribution in [-0.2, 0) is 29.0 Å². The van der Waals surface area contributed by atoms with Gasteiger partial charge in [0.2, 0.25) is 0 Å². The molecule has 0 N–H and O–H groups in total.